The Hall–Kier alpha value is -2.50. The van der Waals surface area contributed by atoms with E-state index in [1.54, 1.807) is 29.0 Å². The standard InChI is InChI=1S/C15H18N4O2/c1-10(20)18-4-6-19(7-5-18)15(21)13-9-17-14-8-11(16)2-3-12(13)14/h2-3,8-9,17H,4-7,16H2,1H3. The first-order chi connectivity index (χ1) is 10.1. The summed E-state index contributed by atoms with van der Waals surface area (Å²) in [5.74, 6) is 0.0545. The van der Waals surface area contributed by atoms with Gasteiger partial charge in [-0.2, -0.15) is 0 Å². The Morgan fingerprint density at radius 1 is 1.14 bits per heavy atom. The molecule has 0 bridgehead atoms. The number of carbonyl (C=O) groups excluding carboxylic acids is 2. The van der Waals surface area contributed by atoms with Gasteiger partial charge in [0.2, 0.25) is 5.91 Å². The summed E-state index contributed by atoms with van der Waals surface area (Å²) in [4.78, 5) is 30.6. The van der Waals surface area contributed by atoms with Gasteiger partial charge in [0.05, 0.1) is 5.56 Å². The molecule has 21 heavy (non-hydrogen) atoms. The molecule has 6 heteroatoms. The lowest BCUT2D eigenvalue weighted by atomic mass is 10.1. The highest BCUT2D eigenvalue weighted by Crippen LogP contribution is 2.22. The third kappa shape index (κ3) is 2.44. The molecule has 2 aromatic rings. The molecule has 3 rings (SSSR count). The van der Waals surface area contributed by atoms with Crippen molar-refractivity contribution in [1.29, 1.82) is 0 Å². The summed E-state index contributed by atoms with van der Waals surface area (Å²) in [6.07, 6.45) is 1.73. The van der Waals surface area contributed by atoms with Crippen molar-refractivity contribution in [1.82, 2.24) is 14.8 Å². The summed E-state index contributed by atoms with van der Waals surface area (Å²) in [7, 11) is 0. The summed E-state index contributed by atoms with van der Waals surface area (Å²) >= 11 is 0. The fraction of sp³-hybridized carbons (Fsp3) is 0.333. The van der Waals surface area contributed by atoms with E-state index < -0.39 is 0 Å². The van der Waals surface area contributed by atoms with Gasteiger partial charge in [-0.1, -0.05) is 0 Å². The summed E-state index contributed by atoms with van der Waals surface area (Å²) in [6, 6.07) is 5.47. The number of nitrogen functional groups attached to an aromatic ring is 1. The lowest BCUT2D eigenvalue weighted by Crippen LogP contribution is -2.50. The number of hydrogen-bond acceptors (Lipinski definition) is 3. The number of aromatic nitrogens is 1. The Labute approximate surface area is 122 Å². The van der Waals surface area contributed by atoms with Gasteiger partial charge in [-0.05, 0) is 18.2 Å². The van der Waals surface area contributed by atoms with E-state index in [0.717, 1.165) is 10.9 Å². The van der Waals surface area contributed by atoms with Crippen LogP contribution in [0.15, 0.2) is 24.4 Å². The molecule has 0 saturated carbocycles. The lowest BCUT2D eigenvalue weighted by Gasteiger charge is -2.34. The van der Waals surface area contributed by atoms with Crippen LogP contribution in [0.3, 0.4) is 0 Å². The molecule has 2 heterocycles. The van der Waals surface area contributed by atoms with Crippen LogP contribution in [0.25, 0.3) is 10.9 Å². The van der Waals surface area contributed by atoms with E-state index in [-0.39, 0.29) is 11.8 Å². The number of amides is 2. The van der Waals surface area contributed by atoms with Crippen LogP contribution in [0.5, 0.6) is 0 Å². The van der Waals surface area contributed by atoms with Crippen molar-refractivity contribution in [3.05, 3.63) is 30.0 Å². The summed E-state index contributed by atoms with van der Waals surface area (Å²) in [6.45, 7) is 3.88. The fourth-order valence-corrected chi connectivity index (χ4v) is 2.72. The fourth-order valence-electron chi connectivity index (χ4n) is 2.72. The normalized spacial score (nSPS) is 15.5. The Balaban J connectivity index is 1.80. The zero-order chi connectivity index (χ0) is 15.0. The van der Waals surface area contributed by atoms with Crippen molar-refractivity contribution in [2.45, 2.75) is 6.92 Å². The third-order valence-electron chi connectivity index (χ3n) is 3.95. The van der Waals surface area contributed by atoms with Crippen LogP contribution in [0.1, 0.15) is 17.3 Å². The van der Waals surface area contributed by atoms with Gasteiger partial charge in [-0.25, -0.2) is 0 Å². The van der Waals surface area contributed by atoms with Gasteiger partial charge in [-0.15, -0.1) is 0 Å². The highest BCUT2D eigenvalue weighted by atomic mass is 16.2. The molecule has 1 aromatic carbocycles. The molecule has 0 aliphatic carbocycles. The molecule has 1 aromatic heterocycles. The number of H-pyrrole nitrogens is 1. The maximum Gasteiger partial charge on any atom is 0.256 e. The smallest absolute Gasteiger partial charge is 0.256 e. The first-order valence-electron chi connectivity index (χ1n) is 6.97. The van der Waals surface area contributed by atoms with Crippen LogP contribution in [0.2, 0.25) is 0 Å². The predicted molar refractivity (Wildman–Crippen MR) is 80.9 cm³/mol. The summed E-state index contributed by atoms with van der Waals surface area (Å²) in [5, 5.41) is 0.878. The average Bonchev–Trinajstić information content (AvgIpc) is 2.89. The highest BCUT2D eigenvalue weighted by Gasteiger charge is 2.24. The SMILES string of the molecule is CC(=O)N1CCN(C(=O)c2c[nH]c3cc(N)ccc23)CC1. The van der Waals surface area contributed by atoms with Gasteiger partial charge >= 0.3 is 0 Å². The predicted octanol–water partition coefficient (Wildman–Crippen LogP) is 1.05. The van der Waals surface area contributed by atoms with Crippen molar-refractivity contribution < 1.29 is 9.59 Å². The van der Waals surface area contributed by atoms with E-state index in [4.69, 9.17) is 5.73 Å². The second-order valence-electron chi connectivity index (χ2n) is 5.31. The Morgan fingerprint density at radius 3 is 2.48 bits per heavy atom. The maximum atomic E-state index is 12.6. The number of fused-ring (bicyclic) bond motifs is 1. The van der Waals surface area contributed by atoms with E-state index in [0.29, 0.717) is 37.4 Å². The molecule has 1 aliphatic rings. The molecule has 3 N–H and O–H groups in total. The minimum atomic E-state index is -0.00535. The van der Waals surface area contributed by atoms with Crippen molar-refractivity contribution >= 4 is 28.4 Å². The van der Waals surface area contributed by atoms with Crippen LogP contribution in [-0.2, 0) is 4.79 Å². The molecule has 0 spiro atoms. The number of rotatable bonds is 1. The van der Waals surface area contributed by atoms with Crippen LogP contribution in [-0.4, -0.2) is 52.8 Å². The number of nitrogens with one attached hydrogen (secondary N) is 1. The second kappa shape index (κ2) is 5.12. The summed E-state index contributed by atoms with van der Waals surface area (Å²) in [5.41, 5.74) is 7.92. The van der Waals surface area contributed by atoms with Gasteiger partial charge < -0.3 is 20.5 Å². The number of nitrogens with zero attached hydrogens (tertiary/aromatic N) is 2. The number of carbonyl (C=O) groups is 2. The monoisotopic (exact) mass is 286 g/mol. The molecule has 1 aliphatic heterocycles. The van der Waals surface area contributed by atoms with Gasteiger partial charge in [0.1, 0.15) is 0 Å². The number of aromatic amines is 1. The number of piperazine rings is 1. The third-order valence-corrected chi connectivity index (χ3v) is 3.95. The number of nitrogens with two attached hydrogens (primary N) is 1. The van der Waals surface area contributed by atoms with E-state index in [2.05, 4.69) is 4.98 Å². The number of benzene rings is 1. The van der Waals surface area contributed by atoms with Gasteiger partial charge in [0.15, 0.2) is 0 Å². The Morgan fingerprint density at radius 2 is 1.81 bits per heavy atom. The van der Waals surface area contributed by atoms with Crippen LogP contribution >= 0.6 is 0 Å². The van der Waals surface area contributed by atoms with E-state index in [1.165, 1.54) is 0 Å². The minimum absolute atomic E-state index is 0.00535. The Bertz CT molecular complexity index is 699. The molecular weight excluding hydrogens is 268 g/mol. The average molecular weight is 286 g/mol. The van der Waals surface area contributed by atoms with Crippen LogP contribution in [0, 0.1) is 0 Å². The van der Waals surface area contributed by atoms with E-state index in [1.807, 2.05) is 12.1 Å². The lowest BCUT2D eigenvalue weighted by molar-refractivity contribution is -0.130. The highest BCUT2D eigenvalue weighted by molar-refractivity contribution is 6.07. The quantitative estimate of drug-likeness (QED) is 0.769. The molecule has 1 fully saturated rings. The molecule has 110 valence electrons. The molecule has 6 nitrogen and oxygen atoms in total. The largest absolute Gasteiger partial charge is 0.399 e. The second-order valence-corrected chi connectivity index (χ2v) is 5.31. The van der Waals surface area contributed by atoms with E-state index in [9.17, 15) is 9.59 Å². The zero-order valence-electron chi connectivity index (χ0n) is 11.9. The van der Waals surface area contributed by atoms with Gasteiger partial charge in [0, 0.05) is 55.9 Å². The van der Waals surface area contributed by atoms with Crippen LogP contribution in [0.4, 0.5) is 5.69 Å². The van der Waals surface area contributed by atoms with Gasteiger partial charge in [0.25, 0.3) is 5.91 Å². The molecule has 2 amide bonds. The molecule has 0 unspecified atom stereocenters. The van der Waals surface area contributed by atoms with Crippen molar-refractivity contribution in [2.75, 3.05) is 31.9 Å². The number of hydrogen-bond donors (Lipinski definition) is 2. The van der Waals surface area contributed by atoms with E-state index >= 15 is 0 Å². The van der Waals surface area contributed by atoms with Crippen molar-refractivity contribution in [2.24, 2.45) is 0 Å². The maximum absolute atomic E-state index is 12.6. The molecule has 0 radical (unpaired) electrons. The number of anilines is 1. The van der Waals surface area contributed by atoms with Crippen LogP contribution < -0.4 is 5.73 Å². The molecular formula is C15H18N4O2. The first-order valence-corrected chi connectivity index (χ1v) is 6.97. The summed E-state index contributed by atoms with van der Waals surface area (Å²) < 4.78 is 0. The Kier molecular flexibility index (Phi) is 3.29. The van der Waals surface area contributed by atoms with Crippen molar-refractivity contribution in [3.8, 4) is 0 Å². The topological polar surface area (TPSA) is 82.4 Å². The first kappa shape index (κ1) is 13.5. The van der Waals surface area contributed by atoms with Crippen molar-refractivity contribution in [3.63, 3.8) is 0 Å². The molecule has 1 saturated heterocycles. The zero-order valence-corrected chi connectivity index (χ0v) is 11.9. The minimum Gasteiger partial charge on any atom is -0.399 e. The molecule has 0 atom stereocenters. The van der Waals surface area contributed by atoms with Gasteiger partial charge in [-0.3, -0.25) is 9.59 Å².